The van der Waals surface area contributed by atoms with Crippen LogP contribution in [0, 0.1) is 5.92 Å². The van der Waals surface area contributed by atoms with Crippen LogP contribution < -0.4 is 0 Å². The molecule has 0 aromatic carbocycles. The highest BCUT2D eigenvalue weighted by Gasteiger charge is 2.45. The molecule has 2 rings (SSSR count). The van der Waals surface area contributed by atoms with Crippen LogP contribution in [0.3, 0.4) is 0 Å². The Morgan fingerprint density at radius 1 is 1.29 bits per heavy atom. The molecule has 0 amide bonds. The van der Waals surface area contributed by atoms with Crippen LogP contribution in [-0.4, -0.2) is 44.6 Å². The zero-order chi connectivity index (χ0) is 12.5. The van der Waals surface area contributed by atoms with E-state index in [9.17, 15) is 0 Å². The van der Waals surface area contributed by atoms with Crippen LogP contribution in [0.15, 0.2) is 0 Å². The summed E-state index contributed by atoms with van der Waals surface area (Å²) in [6.45, 7) is 6.37. The average Bonchev–Trinajstić information content (AvgIpc) is 2.27. The molecular weight excluding hydrogens is 209 g/mol. The molecule has 3 unspecified atom stereocenters. The van der Waals surface area contributed by atoms with Gasteiger partial charge in [0, 0.05) is 6.04 Å². The van der Waals surface area contributed by atoms with Gasteiger partial charge in [-0.15, -0.1) is 0 Å². The SMILES string of the molecule is [B]C1CCCC(N(C)C2(CC)COC2)C1CC. The van der Waals surface area contributed by atoms with Crippen molar-refractivity contribution in [3.8, 4) is 0 Å². The average molecular weight is 235 g/mol. The maximum Gasteiger partial charge on any atom is 0.0704 e. The summed E-state index contributed by atoms with van der Waals surface area (Å²) in [5.74, 6) is 1.06. The normalized spacial score (nSPS) is 36.8. The summed E-state index contributed by atoms with van der Waals surface area (Å²) >= 11 is 0. The molecule has 0 N–H and O–H groups in total. The first kappa shape index (κ1) is 13.4. The third-order valence-electron chi connectivity index (χ3n) is 5.20. The van der Waals surface area contributed by atoms with Crippen molar-refractivity contribution in [2.45, 2.75) is 63.3 Å². The molecule has 2 aliphatic rings. The Morgan fingerprint density at radius 2 is 2.00 bits per heavy atom. The smallest absolute Gasteiger partial charge is 0.0704 e. The van der Waals surface area contributed by atoms with E-state index in [0.29, 0.717) is 23.3 Å². The van der Waals surface area contributed by atoms with Crippen molar-refractivity contribution < 1.29 is 4.74 Å². The number of rotatable bonds is 4. The quantitative estimate of drug-likeness (QED) is 0.694. The van der Waals surface area contributed by atoms with Crippen LogP contribution in [0.25, 0.3) is 0 Å². The maximum absolute atomic E-state index is 6.30. The minimum absolute atomic E-state index is 0.301. The van der Waals surface area contributed by atoms with Crippen molar-refractivity contribution in [1.82, 2.24) is 4.90 Å². The number of likely N-dealkylation sites (N-methyl/N-ethyl adjacent to an activating group) is 1. The predicted octanol–water partition coefficient (Wildman–Crippen LogP) is 2.63. The molecule has 1 heterocycles. The van der Waals surface area contributed by atoms with Gasteiger partial charge in [-0.1, -0.05) is 38.9 Å². The molecule has 3 atom stereocenters. The minimum Gasteiger partial charge on any atom is -0.377 e. The fourth-order valence-electron chi connectivity index (χ4n) is 3.68. The molecule has 2 fully saturated rings. The Bertz CT molecular complexity index is 249. The van der Waals surface area contributed by atoms with Gasteiger partial charge in [-0.25, -0.2) is 0 Å². The molecule has 0 spiro atoms. The number of hydrogen-bond acceptors (Lipinski definition) is 2. The van der Waals surface area contributed by atoms with Crippen molar-refractivity contribution in [3.05, 3.63) is 0 Å². The van der Waals surface area contributed by atoms with Crippen LogP contribution >= 0.6 is 0 Å². The highest BCUT2D eigenvalue weighted by atomic mass is 16.5. The van der Waals surface area contributed by atoms with E-state index in [1.165, 1.54) is 32.1 Å². The Labute approximate surface area is 107 Å². The van der Waals surface area contributed by atoms with Crippen LogP contribution in [-0.2, 0) is 4.74 Å². The minimum atomic E-state index is 0.301. The summed E-state index contributed by atoms with van der Waals surface area (Å²) < 4.78 is 5.46. The molecular formula is C14H26BNO. The van der Waals surface area contributed by atoms with Gasteiger partial charge in [0.15, 0.2) is 0 Å². The van der Waals surface area contributed by atoms with Gasteiger partial charge in [0.2, 0.25) is 0 Å². The first-order valence-corrected chi connectivity index (χ1v) is 7.21. The molecule has 1 aliphatic heterocycles. The molecule has 0 aromatic rings. The van der Waals surface area contributed by atoms with Crippen molar-refractivity contribution in [2.75, 3.05) is 20.3 Å². The third-order valence-corrected chi connectivity index (χ3v) is 5.20. The van der Waals surface area contributed by atoms with Crippen LogP contribution in [0.2, 0.25) is 5.82 Å². The molecule has 0 bridgehead atoms. The molecule has 2 nitrogen and oxygen atoms in total. The summed E-state index contributed by atoms with van der Waals surface area (Å²) in [4.78, 5) is 2.60. The van der Waals surface area contributed by atoms with Gasteiger partial charge >= 0.3 is 0 Å². The highest BCUT2D eigenvalue weighted by Crippen LogP contribution is 2.41. The van der Waals surface area contributed by atoms with Gasteiger partial charge in [0.1, 0.15) is 0 Å². The van der Waals surface area contributed by atoms with Crippen LogP contribution in [0.5, 0.6) is 0 Å². The van der Waals surface area contributed by atoms with E-state index < -0.39 is 0 Å². The standard InChI is InChI=1S/C14H26BNO/c1-4-11-12(15)7-6-8-13(11)16(3)14(5-2)9-17-10-14/h11-13H,4-10H2,1-3H3. The molecule has 17 heavy (non-hydrogen) atoms. The Balaban J connectivity index is 2.08. The first-order valence-electron chi connectivity index (χ1n) is 7.21. The molecule has 1 saturated heterocycles. The second-order valence-corrected chi connectivity index (χ2v) is 5.92. The lowest BCUT2D eigenvalue weighted by Gasteiger charge is -2.54. The molecule has 1 saturated carbocycles. The summed E-state index contributed by atoms with van der Waals surface area (Å²) in [6, 6.07) is 0.660. The molecule has 0 aromatic heterocycles. The van der Waals surface area contributed by atoms with Crippen molar-refractivity contribution in [2.24, 2.45) is 5.92 Å². The fraction of sp³-hybridized carbons (Fsp3) is 1.00. The Hall–Kier alpha value is -0.0151. The van der Waals surface area contributed by atoms with Gasteiger partial charge in [-0.2, -0.15) is 0 Å². The number of nitrogens with zero attached hydrogens (tertiary/aromatic N) is 1. The number of ether oxygens (including phenoxy) is 1. The van der Waals surface area contributed by atoms with E-state index in [0.717, 1.165) is 13.2 Å². The van der Waals surface area contributed by atoms with Gasteiger partial charge in [-0.05, 0) is 25.8 Å². The topological polar surface area (TPSA) is 12.5 Å². The van der Waals surface area contributed by atoms with Gasteiger partial charge in [0.25, 0.3) is 0 Å². The second-order valence-electron chi connectivity index (χ2n) is 5.92. The zero-order valence-corrected chi connectivity index (χ0v) is 11.6. The Morgan fingerprint density at radius 3 is 2.47 bits per heavy atom. The summed E-state index contributed by atoms with van der Waals surface area (Å²) in [7, 11) is 8.59. The van der Waals surface area contributed by atoms with Crippen molar-refractivity contribution in [3.63, 3.8) is 0 Å². The second kappa shape index (κ2) is 5.32. The first-order chi connectivity index (χ1) is 8.14. The molecule has 2 radical (unpaired) electrons. The van der Waals surface area contributed by atoms with E-state index in [-0.39, 0.29) is 0 Å². The summed E-state index contributed by atoms with van der Waals surface area (Å²) in [6.07, 6.45) is 6.19. The Kier molecular flexibility index (Phi) is 4.20. The maximum atomic E-state index is 6.30. The highest BCUT2D eigenvalue weighted by molar-refractivity contribution is 6.11. The largest absolute Gasteiger partial charge is 0.377 e. The molecule has 1 aliphatic carbocycles. The van der Waals surface area contributed by atoms with Crippen LogP contribution in [0.4, 0.5) is 0 Å². The van der Waals surface area contributed by atoms with Crippen molar-refractivity contribution in [1.29, 1.82) is 0 Å². The summed E-state index contributed by atoms with van der Waals surface area (Å²) in [5.41, 5.74) is 0.301. The van der Waals surface area contributed by atoms with Gasteiger partial charge < -0.3 is 4.74 Å². The van der Waals surface area contributed by atoms with E-state index in [1.807, 2.05) is 0 Å². The lowest BCUT2D eigenvalue weighted by molar-refractivity contribution is -0.155. The predicted molar refractivity (Wildman–Crippen MR) is 72.5 cm³/mol. The van der Waals surface area contributed by atoms with Crippen molar-refractivity contribution >= 4 is 7.85 Å². The monoisotopic (exact) mass is 235 g/mol. The van der Waals surface area contributed by atoms with E-state index in [4.69, 9.17) is 12.6 Å². The molecule has 96 valence electrons. The lowest BCUT2D eigenvalue weighted by atomic mass is 9.64. The van der Waals surface area contributed by atoms with E-state index in [1.54, 1.807) is 0 Å². The van der Waals surface area contributed by atoms with Gasteiger partial charge in [-0.3, -0.25) is 4.90 Å². The van der Waals surface area contributed by atoms with Gasteiger partial charge in [0.05, 0.1) is 26.6 Å². The fourth-order valence-corrected chi connectivity index (χ4v) is 3.68. The number of hydrogen-bond donors (Lipinski definition) is 0. The van der Waals surface area contributed by atoms with E-state index in [2.05, 4.69) is 25.8 Å². The zero-order valence-electron chi connectivity index (χ0n) is 11.6. The lowest BCUT2D eigenvalue weighted by Crippen LogP contribution is -2.64. The molecule has 3 heteroatoms. The summed E-state index contributed by atoms with van der Waals surface area (Å²) in [5, 5.41) is 0. The third kappa shape index (κ3) is 2.29. The van der Waals surface area contributed by atoms with Crippen LogP contribution in [0.1, 0.15) is 46.0 Å². The van der Waals surface area contributed by atoms with E-state index >= 15 is 0 Å².